The molecule has 1 fully saturated rings. The molecule has 1 N–H and O–H groups in total. The van der Waals surface area contributed by atoms with Gasteiger partial charge in [0.25, 0.3) is 5.91 Å². The van der Waals surface area contributed by atoms with Gasteiger partial charge in [-0.15, -0.1) is 0 Å². The molecule has 2 aromatic heterocycles. The number of nitrogens with zero attached hydrogens (tertiary/aromatic N) is 3. The molecule has 0 unspecified atom stereocenters. The largest absolute Gasteiger partial charge is 0.352 e. The molecule has 1 aliphatic heterocycles. The fourth-order valence-electron chi connectivity index (χ4n) is 3.58. The zero-order valence-corrected chi connectivity index (χ0v) is 16.6. The van der Waals surface area contributed by atoms with Crippen molar-refractivity contribution in [1.29, 1.82) is 0 Å². The highest BCUT2D eigenvalue weighted by Gasteiger charge is 2.20. The minimum Gasteiger partial charge on any atom is -0.352 e. The van der Waals surface area contributed by atoms with E-state index in [1.807, 2.05) is 10.6 Å². The number of rotatable bonds is 7. The van der Waals surface area contributed by atoms with Crippen molar-refractivity contribution in [3.05, 3.63) is 34.7 Å². The van der Waals surface area contributed by atoms with Crippen LogP contribution in [0.25, 0.3) is 5.65 Å². The van der Waals surface area contributed by atoms with Crippen LogP contribution in [-0.2, 0) is 6.42 Å². The number of amides is 1. The number of hydrogen-bond donors (Lipinski definition) is 1. The number of imidazole rings is 1. The van der Waals surface area contributed by atoms with Crippen molar-refractivity contribution in [3.63, 3.8) is 0 Å². The molecule has 26 heavy (non-hydrogen) atoms. The Kier molecular flexibility index (Phi) is 6.54. The fourth-order valence-corrected chi connectivity index (χ4v) is 3.79. The van der Waals surface area contributed by atoms with Crippen molar-refractivity contribution in [3.8, 4) is 0 Å². The number of halogens is 1. The van der Waals surface area contributed by atoms with Gasteiger partial charge in [-0.05, 0) is 57.3 Å². The van der Waals surface area contributed by atoms with Gasteiger partial charge in [-0.2, -0.15) is 0 Å². The quantitative estimate of drug-likeness (QED) is 0.799. The van der Waals surface area contributed by atoms with Crippen LogP contribution in [0.4, 0.5) is 0 Å². The number of nitrogens with one attached hydrogen (secondary N) is 1. The lowest BCUT2D eigenvalue weighted by Gasteiger charge is -2.31. The van der Waals surface area contributed by atoms with Gasteiger partial charge in [0.15, 0.2) is 0 Å². The Balaban J connectivity index is 1.59. The molecule has 1 aliphatic rings. The minimum atomic E-state index is -0.0841. The summed E-state index contributed by atoms with van der Waals surface area (Å²) in [7, 11) is 0. The molecule has 6 heteroatoms. The summed E-state index contributed by atoms with van der Waals surface area (Å²) in [6, 6.07) is 1.71. The van der Waals surface area contributed by atoms with E-state index in [1.165, 1.54) is 19.4 Å². The first-order valence-corrected chi connectivity index (χ1v) is 10.2. The van der Waals surface area contributed by atoms with Crippen LogP contribution in [-0.4, -0.2) is 46.4 Å². The zero-order chi connectivity index (χ0) is 18.5. The summed E-state index contributed by atoms with van der Waals surface area (Å²) in [4.78, 5) is 19.8. The first kappa shape index (κ1) is 19.2. The van der Waals surface area contributed by atoms with E-state index in [2.05, 4.69) is 29.0 Å². The van der Waals surface area contributed by atoms with Crippen molar-refractivity contribution in [2.24, 2.45) is 5.92 Å². The van der Waals surface area contributed by atoms with Gasteiger partial charge in [0.05, 0.1) is 16.3 Å². The van der Waals surface area contributed by atoms with Crippen molar-refractivity contribution in [2.75, 3.05) is 26.2 Å². The third-order valence-corrected chi connectivity index (χ3v) is 5.47. The molecule has 2 aromatic rings. The standard InChI is InChI=1S/C20H29ClN4O/c1-3-5-8-24-9-6-15(7-10-24)12-22-20(26)18-11-16(21)13-25-14-17(4-2)23-19(18)25/h11,13-15H,3-10,12H2,1-2H3,(H,22,26). The lowest BCUT2D eigenvalue weighted by atomic mass is 9.96. The molecule has 142 valence electrons. The summed E-state index contributed by atoms with van der Waals surface area (Å²) in [6.45, 7) is 8.49. The van der Waals surface area contributed by atoms with Gasteiger partial charge in [-0.3, -0.25) is 4.79 Å². The lowest BCUT2D eigenvalue weighted by Crippen LogP contribution is -2.39. The van der Waals surface area contributed by atoms with Crippen LogP contribution in [0.3, 0.4) is 0 Å². The molecule has 0 aliphatic carbocycles. The molecule has 0 bridgehead atoms. The topological polar surface area (TPSA) is 49.6 Å². The monoisotopic (exact) mass is 376 g/mol. The number of carbonyl (C=O) groups excluding carboxylic acids is 1. The highest BCUT2D eigenvalue weighted by Crippen LogP contribution is 2.20. The van der Waals surface area contributed by atoms with Crippen molar-refractivity contribution in [1.82, 2.24) is 19.6 Å². The normalized spacial score (nSPS) is 16.3. The minimum absolute atomic E-state index is 0.0841. The second-order valence-corrected chi connectivity index (χ2v) is 7.67. The fraction of sp³-hybridized carbons (Fsp3) is 0.600. The van der Waals surface area contributed by atoms with Gasteiger partial charge < -0.3 is 14.6 Å². The SMILES string of the molecule is CCCCN1CCC(CNC(=O)c2cc(Cl)cn3cc(CC)nc23)CC1. The number of carbonyl (C=O) groups is 1. The molecule has 1 saturated heterocycles. The first-order valence-electron chi connectivity index (χ1n) is 9.78. The highest BCUT2D eigenvalue weighted by molar-refractivity contribution is 6.31. The van der Waals surface area contributed by atoms with Crippen LogP contribution in [0.1, 0.15) is 55.6 Å². The second kappa shape index (κ2) is 8.87. The number of aromatic nitrogens is 2. The molecule has 3 rings (SSSR count). The summed E-state index contributed by atoms with van der Waals surface area (Å²) in [5.41, 5.74) is 2.19. The number of piperidine rings is 1. The number of fused-ring (bicyclic) bond motifs is 1. The highest BCUT2D eigenvalue weighted by atomic mass is 35.5. The molecule has 0 saturated carbocycles. The molecule has 0 aromatic carbocycles. The Morgan fingerprint density at radius 3 is 2.77 bits per heavy atom. The van der Waals surface area contributed by atoms with Crippen LogP contribution in [0.15, 0.2) is 18.5 Å². The van der Waals surface area contributed by atoms with E-state index in [9.17, 15) is 4.79 Å². The van der Waals surface area contributed by atoms with Crippen molar-refractivity contribution < 1.29 is 4.79 Å². The van der Waals surface area contributed by atoms with E-state index in [4.69, 9.17) is 11.6 Å². The van der Waals surface area contributed by atoms with E-state index in [0.717, 1.165) is 44.6 Å². The Labute approximate surface area is 160 Å². The summed E-state index contributed by atoms with van der Waals surface area (Å²) in [5.74, 6) is 0.470. The lowest BCUT2D eigenvalue weighted by molar-refractivity contribution is 0.0937. The average molecular weight is 377 g/mol. The average Bonchev–Trinajstić information content (AvgIpc) is 3.07. The molecule has 3 heterocycles. The predicted octanol–water partition coefficient (Wildman–Crippen LogP) is 3.79. The zero-order valence-electron chi connectivity index (χ0n) is 15.8. The molecule has 0 atom stereocenters. The maximum absolute atomic E-state index is 12.7. The number of unbranched alkanes of at least 4 members (excludes halogenated alkanes) is 1. The van der Waals surface area contributed by atoms with Gasteiger partial charge in [-0.1, -0.05) is 31.9 Å². The summed E-state index contributed by atoms with van der Waals surface area (Å²) in [5, 5.41) is 3.65. The van der Waals surface area contributed by atoms with E-state index < -0.39 is 0 Å². The van der Waals surface area contributed by atoms with Crippen LogP contribution >= 0.6 is 11.6 Å². The van der Waals surface area contributed by atoms with E-state index >= 15 is 0 Å². The van der Waals surface area contributed by atoms with Gasteiger partial charge in [0.1, 0.15) is 5.65 Å². The molecule has 5 nitrogen and oxygen atoms in total. The van der Waals surface area contributed by atoms with Crippen LogP contribution in [0.5, 0.6) is 0 Å². The molecule has 1 amide bonds. The van der Waals surface area contributed by atoms with Crippen molar-refractivity contribution >= 4 is 23.2 Å². The van der Waals surface area contributed by atoms with Gasteiger partial charge >= 0.3 is 0 Å². The summed E-state index contributed by atoms with van der Waals surface area (Å²) in [6.07, 6.45) is 9.39. The molecular weight excluding hydrogens is 348 g/mol. The van der Waals surface area contributed by atoms with E-state index in [1.54, 1.807) is 12.3 Å². The van der Waals surface area contributed by atoms with Gasteiger partial charge in [0, 0.05) is 18.9 Å². The number of hydrogen-bond acceptors (Lipinski definition) is 3. The maximum atomic E-state index is 12.7. The van der Waals surface area contributed by atoms with E-state index in [0.29, 0.717) is 22.2 Å². The maximum Gasteiger partial charge on any atom is 0.255 e. The second-order valence-electron chi connectivity index (χ2n) is 7.24. The summed E-state index contributed by atoms with van der Waals surface area (Å²) >= 11 is 6.19. The molecule has 0 radical (unpaired) electrons. The Morgan fingerprint density at radius 2 is 2.08 bits per heavy atom. The smallest absolute Gasteiger partial charge is 0.255 e. The Morgan fingerprint density at radius 1 is 1.31 bits per heavy atom. The van der Waals surface area contributed by atoms with Crippen LogP contribution in [0.2, 0.25) is 5.02 Å². The summed E-state index contributed by atoms with van der Waals surface area (Å²) < 4.78 is 1.85. The van der Waals surface area contributed by atoms with Crippen LogP contribution < -0.4 is 5.32 Å². The van der Waals surface area contributed by atoms with Gasteiger partial charge in [0.2, 0.25) is 0 Å². The van der Waals surface area contributed by atoms with E-state index in [-0.39, 0.29) is 5.91 Å². The predicted molar refractivity (Wildman–Crippen MR) is 106 cm³/mol. The van der Waals surface area contributed by atoms with Crippen molar-refractivity contribution in [2.45, 2.75) is 46.0 Å². The number of likely N-dealkylation sites (tertiary alicyclic amines) is 1. The van der Waals surface area contributed by atoms with Gasteiger partial charge in [-0.25, -0.2) is 4.98 Å². The Bertz CT molecular complexity index is 750. The number of pyridine rings is 1. The third kappa shape index (κ3) is 4.57. The Hall–Kier alpha value is -1.59. The first-order chi connectivity index (χ1) is 12.6. The molecule has 0 spiro atoms. The number of aryl methyl sites for hydroxylation is 1. The van der Waals surface area contributed by atoms with Crippen LogP contribution in [0, 0.1) is 5.92 Å². The molecular formula is C20H29ClN4O. The third-order valence-electron chi connectivity index (χ3n) is 5.26.